The minimum atomic E-state index is -3.73. The highest BCUT2D eigenvalue weighted by molar-refractivity contribution is 7.92. The maximum atomic E-state index is 12.7. The summed E-state index contributed by atoms with van der Waals surface area (Å²) in [5.41, 5.74) is 3.85. The average Bonchev–Trinajstić information content (AvgIpc) is 3.08. The van der Waals surface area contributed by atoms with Crippen LogP contribution < -0.4 is 4.72 Å². The first-order valence-electron chi connectivity index (χ1n) is 8.13. The summed E-state index contributed by atoms with van der Waals surface area (Å²) >= 11 is 1.48. The van der Waals surface area contributed by atoms with Crippen LogP contribution in [0, 0.1) is 0 Å². The van der Waals surface area contributed by atoms with Crippen molar-refractivity contribution in [3.05, 3.63) is 59.7 Å². The number of rotatable bonds is 5. The topological polar surface area (TPSA) is 106 Å². The number of sulfone groups is 1. The van der Waals surface area contributed by atoms with Gasteiger partial charge in [-0.1, -0.05) is 0 Å². The van der Waals surface area contributed by atoms with Gasteiger partial charge in [0.05, 0.1) is 37.6 Å². The summed E-state index contributed by atoms with van der Waals surface area (Å²) in [4.78, 5) is 8.49. The second kappa shape index (κ2) is 6.80. The molecule has 7 nitrogen and oxygen atoms in total. The maximum absolute atomic E-state index is 12.7. The Morgan fingerprint density at radius 2 is 1.79 bits per heavy atom. The molecule has 28 heavy (non-hydrogen) atoms. The van der Waals surface area contributed by atoms with Gasteiger partial charge in [0.2, 0.25) is 10.0 Å². The Balaban J connectivity index is 1.69. The van der Waals surface area contributed by atoms with Gasteiger partial charge in [-0.3, -0.25) is 9.71 Å². The van der Waals surface area contributed by atoms with E-state index in [9.17, 15) is 16.8 Å². The van der Waals surface area contributed by atoms with Crippen LogP contribution >= 0.6 is 11.3 Å². The molecule has 0 radical (unpaired) electrons. The zero-order valence-corrected chi connectivity index (χ0v) is 17.1. The Bertz CT molecular complexity index is 1410. The number of fused-ring (bicyclic) bond motifs is 2. The number of nitrogens with zero attached hydrogens (tertiary/aromatic N) is 2. The van der Waals surface area contributed by atoms with Gasteiger partial charge in [0.15, 0.2) is 9.84 Å². The third kappa shape index (κ3) is 3.84. The summed E-state index contributed by atoms with van der Waals surface area (Å²) in [6.45, 7) is 0. The molecule has 2 heterocycles. The van der Waals surface area contributed by atoms with E-state index in [1.165, 1.54) is 29.7 Å². The molecule has 144 valence electrons. The van der Waals surface area contributed by atoms with Crippen molar-refractivity contribution in [3.8, 4) is 0 Å². The van der Waals surface area contributed by atoms with Crippen molar-refractivity contribution in [1.29, 1.82) is 0 Å². The lowest BCUT2D eigenvalue weighted by Crippen LogP contribution is -2.15. The lowest BCUT2D eigenvalue weighted by molar-refractivity contribution is 0.599. The third-order valence-corrected chi connectivity index (χ3v) is 7.34. The molecule has 0 saturated heterocycles. The van der Waals surface area contributed by atoms with Crippen molar-refractivity contribution in [2.24, 2.45) is 0 Å². The third-order valence-electron chi connectivity index (χ3n) is 4.18. The first kappa shape index (κ1) is 18.8. The highest BCUT2D eigenvalue weighted by atomic mass is 32.2. The Labute approximate surface area is 166 Å². The Kier molecular flexibility index (Phi) is 4.56. The van der Waals surface area contributed by atoms with E-state index in [4.69, 9.17) is 0 Å². The van der Waals surface area contributed by atoms with Gasteiger partial charge in [0.25, 0.3) is 0 Å². The number of nitrogens with one attached hydrogen (secondary N) is 1. The molecule has 0 unspecified atom stereocenters. The molecule has 2 aromatic heterocycles. The van der Waals surface area contributed by atoms with E-state index >= 15 is 0 Å². The van der Waals surface area contributed by atoms with Crippen molar-refractivity contribution < 1.29 is 16.8 Å². The van der Waals surface area contributed by atoms with Gasteiger partial charge in [-0.15, -0.1) is 11.3 Å². The van der Waals surface area contributed by atoms with Crippen LogP contribution in [-0.2, 0) is 25.6 Å². The van der Waals surface area contributed by atoms with E-state index in [0.717, 1.165) is 16.5 Å². The first-order chi connectivity index (χ1) is 13.2. The zero-order chi connectivity index (χ0) is 19.9. The molecule has 0 aliphatic heterocycles. The molecular weight excluding hydrogens is 418 g/mol. The zero-order valence-electron chi connectivity index (χ0n) is 14.7. The summed E-state index contributed by atoms with van der Waals surface area (Å²) in [5.74, 6) is -0.311. The van der Waals surface area contributed by atoms with E-state index in [1.54, 1.807) is 29.8 Å². The number of aromatic nitrogens is 2. The fourth-order valence-electron chi connectivity index (χ4n) is 2.88. The normalized spacial score (nSPS) is 12.5. The fraction of sp³-hybridized carbons (Fsp3) is 0.111. The Morgan fingerprint density at radius 3 is 2.57 bits per heavy atom. The van der Waals surface area contributed by atoms with Gasteiger partial charge in [-0.2, -0.15) is 0 Å². The summed E-state index contributed by atoms with van der Waals surface area (Å²) in [6, 6.07) is 11.3. The maximum Gasteiger partial charge on any atom is 0.236 e. The van der Waals surface area contributed by atoms with Crippen LogP contribution in [-0.4, -0.2) is 33.1 Å². The van der Waals surface area contributed by atoms with E-state index in [0.29, 0.717) is 22.2 Å². The molecule has 0 saturated carbocycles. The molecule has 10 heteroatoms. The van der Waals surface area contributed by atoms with Gasteiger partial charge in [-0.25, -0.2) is 21.8 Å². The molecule has 0 aliphatic rings. The summed E-state index contributed by atoms with van der Waals surface area (Å²) in [5, 5.41) is 0.491. The van der Waals surface area contributed by atoms with Crippen LogP contribution in [0.25, 0.3) is 21.1 Å². The fourth-order valence-corrected chi connectivity index (χ4v) is 5.41. The van der Waals surface area contributed by atoms with Gasteiger partial charge < -0.3 is 0 Å². The van der Waals surface area contributed by atoms with Crippen LogP contribution in [0.5, 0.6) is 0 Å². The number of hydrogen-bond acceptors (Lipinski definition) is 7. The lowest BCUT2D eigenvalue weighted by Gasteiger charge is -2.11. The van der Waals surface area contributed by atoms with Crippen molar-refractivity contribution in [3.63, 3.8) is 0 Å². The number of benzene rings is 2. The van der Waals surface area contributed by atoms with Crippen LogP contribution in [0.2, 0.25) is 0 Å². The van der Waals surface area contributed by atoms with Crippen LogP contribution in [0.15, 0.2) is 59.1 Å². The number of hydrogen-bond donors (Lipinski definition) is 1. The Morgan fingerprint density at radius 1 is 0.964 bits per heavy atom. The first-order valence-corrected chi connectivity index (χ1v) is 12.6. The molecule has 0 aliphatic carbocycles. The lowest BCUT2D eigenvalue weighted by atomic mass is 10.1. The molecule has 0 spiro atoms. The predicted molar refractivity (Wildman–Crippen MR) is 111 cm³/mol. The molecule has 0 fully saturated rings. The number of sulfonamides is 1. The van der Waals surface area contributed by atoms with Gasteiger partial charge >= 0.3 is 0 Å². The minimum Gasteiger partial charge on any atom is -0.283 e. The molecule has 4 aromatic rings. The average molecular weight is 434 g/mol. The highest BCUT2D eigenvalue weighted by Gasteiger charge is 2.16. The summed E-state index contributed by atoms with van der Waals surface area (Å²) in [6.07, 6.45) is 2.62. The second-order valence-electron chi connectivity index (χ2n) is 6.32. The summed E-state index contributed by atoms with van der Waals surface area (Å²) in [7, 11) is -7.15. The van der Waals surface area contributed by atoms with E-state index in [2.05, 4.69) is 14.7 Å². The predicted octanol–water partition coefficient (Wildman–Crippen LogP) is 3.19. The van der Waals surface area contributed by atoms with E-state index < -0.39 is 19.9 Å². The number of thiazole rings is 1. The SMILES string of the molecule is CS(=O)(=O)c1ccc2nccc(CS(=O)(=O)Nc3ccc4scnc4c3)c2c1. The molecular formula is C18H15N3O4S3. The van der Waals surface area contributed by atoms with Gasteiger partial charge in [0.1, 0.15) is 0 Å². The molecule has 1 N–H and O–H groups in total. The standard InChI is InChI=1S/C18H15N3O4S3/c1-27(22,23)14-3-4-16-15(9-14)12(6-7-19-16)10-28(24,25)21-13-2-5-18-17(8-13)20-11-26-18/h2-9,11,21H,10H2,1H3. The molecule has 2 aromatic carbocycles. The molecule has 0 bridgehead atoms. The number of pyridine rings is 1. The van der Waals surface area contributed by atoms with Crippen molar-refractivity contribution >= 4 is 58.0 Å². The van der Waals surface area contributed by atoms with Crippen LogP contribution in [0.1, 0.15) is 5.56 Å². The van der Waals surface area contributed by atoms with Gasteiger partial charge in [0, 0.05) is 17.8 Å². The minimum absolute atomic E-state index is 0.119. The molecule has 0 amide bonds. The Hall–Kier alpha value is -2.56. The van der Waals surface area contributed by atoms with E-state index in [1.807, 2.05) is 6.07 Å². The quantitative estimate of drug-likeness (QED) is 0.518. The molecule has 4 rings (SSSR count). The van der Waals surface area contributed by atoms with Crippen LogP contribution in [0.3, 0.4) is 0 Å². The number of anilines is 1. The second-order valence-corrected chi connectivity index (χ2v) is 10.9. The smallest absolute Gasteiger partial charge is 0.236 e. The van der Waals surface area contributed by atoms with Crippen LogP contribution in [0.4, 0.5) is 5.69 Å². The van der Waals surface area contributed by atoms with Crippen molar-refractivity contribution in [2.45, 2.75) is 10.6 Å². The summed E-state index contributed by atoms with van der Waals surface area (Å²) < 4.78 is 52.6. The van der Waals surface area contributed by atoms with Gasteiger partial charge in [-0.05, 0) is 48.0 Å². The monoisotopic (exact) mass is 433 g/mol. The van der Waals surface area contributed by atoms with E-state index in [-0.39, 0.29) is 10.6 Å². The van der Waals surface area contributed by atoms with Crippen molar-refractivity contribution in [2.75, 3.05) is 11.0 Å². The van der Waals surface area contributed by atoms with Crippen molar-refractivity contribution in [1.82, 2.24) is 9.97 Å². The highest BCUT2D eigenvalue weighted by Crippen LogP contribution is 2.25. The largest absolute Gasteiger partial charge is 0.283 e. The molecule has 0 atom stereocenters.